The average Bonchev–Trinajstić information content (AvgIpc) is 2.47. The highest BCUT2D eigenvalue weighted by Gasteiger charge is 2.20. The first-order valence-corrected chi connectivity index (χ1v) is 7.90. The van der Waals surface area contributed by atoms with Gasteiger partial charge in [-0.2, -0.15) is 0 Å². The summed E-state index contributed by atoms with van der Waals surface area (Å²) in [7, 11) is 1.98. The fraction of sp³-hybridized carbons (Fsp3) is 0.562. The summed E-state index contributed by atoms with van der Waals surface area (Å²) < 4.78 is 0. The van der Waals surface area contributed by atoms with Gasteiger partial charge in [0.1, 0.15) is 0 Å². The van der Waals surface area contributed by atoms with Crippen LogP contribution in [0.5, 0.6) is 0 Å². The largest absolute Gasteiger partial charge is 0.348 e. The van der Waals surface area contributed by atoms with Gasteiger partial charge in [-0.15, -0.1) is 12.4 Å². The van der Waals surface area contributed by atoms with Crippen LogP contribution in [-0.4, -0.2) is 43.5 Å². The molecule has 1 heterocycles. The summed E-state index contributed by atoms with van der Waals surface area (Å²) in [6.07, 6.45) is 2.33. The number of hydrogen-bond acceptors (Lipinski definition) is 3. The average molecular weight is 346 g/mol. The molecule has 2 unspecified atom stereocenters. The van der Waals surface area contributed by atoms with Gasteiger partial charge >= 0.3 is 0 Å². The van der Waals surface area contributed by atoms with Crippen molar-refractivity contribution in [1.29, 1.82) is 0 Å². The molecule has 2 atom stereocenters. The Labute approximate surface area is 144 Å². The number of carbonyl (C=O) groups excluding carboxylic acids is 1. The van der Waals surface area contributed by atoms with Crippen molar-refractivity contribution in [3.63, 3.8) is 0 Å². The summed E-state index contributed by atoms with van der Waals surface area (Å²) in [5.41, 5.74) is 1.07. The van der Waals surface area contributed by atoms with E-state index in [1.54, 1.807) is 0 Å². The monoisotopic (exact) mass is 345 g/mol. The number of carbonyl (C=O) groups is 1. The summed E-state index contributed by atoms with van der Waals surface area (Å²) >= 11 is 5.88. The fourth-order valence-corrected chi connectivity index (χ4v) is 2.89. The minimum absolute atomic E-state index is 0. The van der Waals surface area contributed by atoms with E-state index in [0.29, 0.717) is 17.6 Å². The summed E-state index contributed by atoms with van der Waals surface area (Å²) in [5, 5.41) is 7.06. The molecule has 1 saturated heterocycles. The number of likely N-dealkylation sites (tertiary alicyclic amines) is 1. The quantitative estimate of drug-likeness (QED) is 0.862. The lowest BCUT2D eigenvalue weighted by Gasteiger charge is -2.32. The van der Waals surface area contributed by atoms with Gasteiger partial charge in [0.2, 0.25) is 5.91 Å². The molecule has 22 heavy (non-hydrogen) atoms. The van der Waals surface area contributed by atoms with E-state index in [2.05, 4.69) is 15.5 Å². The molecule has 1 aromatic carbocycles. The predicted molar refractivity (Wildman–Crippen MR) is 93.8 cm³/mol. The number of piperidine rings is 1. The Morgan fingerprint density at radius 1 is 1.41 bits per heavy atom. The minimum atomic E-state index is -0.000320. The lowest BCUT2D eigenvalue weighted by Crippen LogP contribution is -2.48. The standard InChI is InChI=1S/C16H24ClN3O.ClH/c1-12(13-5-7-14(17)8-6-13)19-16(21)11-20-9-3-4-15(10-20)18-2;/h5-8,12,15,18H,3-4,9-11H2,1-2H3,(H,19,21);1H. The second-order valence-corrected chi connectivity index (χ2v) is 6.14. The lowest BCUT2D eigenvalue weighted by molar-refractivity contribution is -0.123. The number of benzene rings is 1. The van der Waals surface area contributed by atoms with Gasteiger partial charge in [0, 0.05) is 17.6 Å². The van der Waals surface area contributed by atoms with Crippen LogP contribution in [0.3, 0.4) is 0 Å². The van der Waals surface area contributed by atoms with E-state index in [9.17, 15) is 4.79 Å². The van der Waals surface area contributed by atoms with Crippen molar-refractivity contribution >= 4 is 29.9 Å². The summed E-state index contributed by atoms with van der Waals surface area (Å²) in [6.45, 7) is 4.41. The van der Waals surface area contributed by atoms with Crippen molar-refractivity contribution in [3.05, 3.63) is 34.9 Å². The Balaban J connectivity index is 0.00000242. The number of hydrogen-bond donors (Lipinski definition) is 2. The van der Waals surface area contributed by atoms with E-state index in [1.807, 2.05) is 38.2 Å². The Morgan fingerprint density at radius 3 is 2.73 bits per heavy atom. The number of nitrogens with zero attached hydrogens (tertiary/aromatic N) is 1. The third kappa shape index (κ3) is 5.76. The summed E-state index contributed by atoms with van der Waals surface area (Å²) in [5.74, 6) is 0.0780. The number of amides is 1. The maximum Gasteiger partial charge on any atom is 0.234 e. The lowest BCUT2D eigenvalue weighted by atomic mass is 10.1. The molecule has 4 nitrogen and oxygen atoms in total. The Morgan fingerprint density at radius 2 is 2.09 bits per heavy atom. The maximum atomic E-state index is 12.2. The van der Waals surface area contributed by atoms with E-state index in [1.165, 1.54) is 6.42 Å². The SMILES string of the molecule is CNC1CCCN(CC(=O)NC(C)c2ccc(Cl)cc2)C1.Cl. The highest BCUT2D eigenvalue weighted by Crippen LogP contribution is 2.16. The first-order chi connectivity index (χ1) is 10.1. The van der Waals surface area contributed by atoms with Gasteiger partial charge in [-0.1, -0.05) is 23.7 Å². The van der Waals surface area contributed by atoms with Gasteiger partial charge in [0.25, 0.3) is 0 Å². The zero-order chi connectivity index (χ0) is 15.2. The van der Waals surface area contributed by atoms with E-state index < -0.39 is 0 Å². The van der Waals surface area contributed by atoms with Crippen LogP contribution in [-0.2, 0) is 4.79 Å². The fourth-order valence-electron chi connectivity index (χ4n) is 2.76. The van der Waals surface area contributed by atoms with Crippen molar-refractivity contribution < 1.29 is 4.79 Å². The zero-order valence-electron chi connectivity index (χ0n) is 13.1. The molecule has 1 aromatic rings. The molecule has 0 bridgehead atoms. The summed E-state index contributed by atoms with van der Waals surface area (Å²) in [6, 6.07) is 8.10. The van der Waals surface area contributed by atoms with Gasteiger partial charge in [0.15, 0.2) is 0 Å². The van der Waals surface area contributed by atoms with Crippen LogP contribution in [0.15, 0.2) is 24.3 Å². The van der Waals surface area contributed by atoms with E-state index in [0.717, 1.165) is 25.1 Å². The molecule has 0 aromatic heterocycles. The number of likely N-dealkylation sites (N-methyl/N-ethyl adjacent to an activating group) is 1. The van der Waals surface area contributed by atoms with Crippen LogP contribution in [0.1, 0.15) is 31.4 Å². The predicted octanol–water partition coefficient (Wildman–Crippen LogP) is 2.62. The van der Waals surface area contributed by atoms with Crippen LogP contribution < -0.4 is 10.6 Å². The molecular weight excluding hydrogens is 321 g/mol. The third-order valence-corrected chi connectivity index (χ3v) is 4.28. The molecule has 2 rings (SSSR count). The maximum absolute atomic E-state index is 12.2. The van der Waals surface area contributed by atoms with Gasteiger partial charge in [-0.3, -0.25) is 9.69 Å². The number of halogens is 2. The molecule has 6 heteroatoms. The second kappa shape index (κ2) is 9.36. The van der Waals surface area contributed by atoms with Crippen LogP contribution >= 0.6 is 24.0 Å². The van der Waals surface area contributed by atoms with Gasteiger partial charge in [0.05, 0.1) is 12.6 Å². The van der Waals surface area contributed by atoms with Gasteiger partial charge < -0.3 is 10.6 Å². The van der Waals surface area contributed by atoms with Crippen LogP contribution in [0.25, 0.3) is 0 Å². The molecular formula is C16H25Cl2N3O. The second-order valence-electron chi connectivity index (χ2n) is 5.70. The highest BCUT2D eigenvalue weighted by molar-refractivity contribution is 6.30. The molecule has 1 aliphatic rings. The molecule has 0 aliphatic carbocycles. The molecule has 0 saturated carbocycles. The molecule has 124 valence electrons. The van der Waals surface area contributed by atoms with Crippen molar-refractivity contribution in [1.82, 2.24) is 15.5 Å². The Kier molecular flexibility index (Phi) is 8.18. The van der Waals surface area contributed by atoms with Gasteiger partial charge in [-0.25, -0.2) is 0 Å². The molecule has 2 N–H and O–H groups in total. The minimum Gasteiger partial charge on any atom is -0.348 e. The normalized spacial score (nSPS) is 20.0. The van der Waals surface area contributed by atoms with Crippen molar-refractivity contribution in [2.75, 3.05) is 26.7 Å². The molecule has 0 radical (unpaired) electrons. The number of rotatable bonds is 5. The molecule has 1 fully saturated rings. The smallest absolute Gasteiger partial charge is 0.234 e. The topological polar surface area (TPSA) is 44.4 Å². The van der Waals surface area contributed by atoms with E-state index in [-0.39, 0.29) is 24.4 Å². The van der Waals surface area contributed by atoms with Crippen LogP contribution in [0.4, 0.5) is 0 Å². The Bertz CT molecular complexity index is 467. The Hall–Kier alpha value is -0.810. The zero-order valence-corrected chi connectivity index (χ0v) is 14.7. The van der Waals surface area contributed by atoms with E-state index in [4.69, 9.17) is 11.6 Å². The molecule has 1 aliphatic heterocycles. The first kappa shape index (κ1) is 19.2. The van der Waals surface area contributed by atoms with Gasteiger partial charge in [-0.05, 0) is 51.1 Å². The van der Waals surface area contributed by atoms with Crippen LogP contribution in [0, 0.1) is 0 Å². The van der Waals surface area contributed by atoms with Crippen LogP contribution in [0.2, 0.25) is 5.02 Å². The third-order valence-electron chi connectivity index (χ3n) is 4.03. The number of nitrogens with one attached hydrogen (secondary N) is 2. The first-order valence-electron chi connectivity index (χ1n) is 7.53. The molecule has 1 amide bonds. The van der Waals surface area contributed by atoms with Crippen molar-refractivity contribution in [2.45, 2.75) is 31.8 Å². The molecule has 0 spiro atoms. The van der Waals surface area contributed by atoms with Crippen molar-refractivity contribution in [3.8, 4) is 0 Å². The van der Waals surface area contributed by atoms with Crippen molar-refractivity contribution in [2.24, 2.45) is 0 Å². The van der Waals surface area contributed by atoms with E-state index >= 15 is 0 Å². The highest BCUT2D eigenvalue weighted by atomic mass is 35.5. The summed E-state index contributed by atoms with van der Waals surface area (Å²) in [4.78, 5) is 14.4.